The summed E-state index contributed by atoms with van der Waals surface area (Å²) in [6.45, 7) is 2.54. The van der Waals surface area contributed by atoms with Gasteiger partial charge in [0.15, 0.2) is 0 Å². The van der Waals surface area contributed by atoms with E-state index < -0.39 is 0 Å². The molecule has 0 aliphatic heterocycles. The van der Waals surface area contributed by atoms with E-state index in [0.717, 1.165) is 21.3 Å². The molecule has 3 rings (SSSR count). The molecular weight excluding hydrogens is 338 g/mol. The minimum absolute atomic E-state index is 0.0663. The quantitative estimate of drug-likeness (QED) is 0.707. The van der Waals surface area contributed by atoms with Crippen LogP contribution in [0, 0.1) is 18.3 Å². The molecule has 0 spiro atoms. The molecule has 0 aliphatic carbocycles. The number of pyridine rings is 1. The van der Waals surface area contributed by atoms with Crippen molar-refractivity contribution in [2.45, 2.75) is 18.5 Å². The minimum atomic E-state index is -0.0663. The van der Waals surface area contributed by atoms with Crippen LogP contribution in [-0.2, 0) is 11.3 Å². The predicted octanol–water partition coefficient (Wildman–Crippen LogP) is 3.88. The molecule has 1 amide bonds. The third-order valence-corrected chi connectivity index (χ3v) is 5.31. The van der Waals surface area contributed by atoms with E-state index in [-0.39, 0.29) is 11.7 Å². The normalized spacial score (nSPS) is 10.5. The lowest BCUT2D eigenvalue weighted by Gasteiger charge is -2.07. The summed E-state index contributed by atoms with van der Waals surface area (Å²) in [5.41, 5.74) is 2.46. The molecule has 1 aromatic carbocycles. The van der Waals surface area contributed by atoms with E-state index in [4.69, 9.17) is 0 Å². The van der Waals surface area contributed by atoms with Gasteiger partial charge in [0, 0.05) is 10.3 Å². The Morgan fingerprint density at radius 2 is 2.25 bits per heavy atom. The summed E-state index contributed by atoms with van der Waals surface area (Å²) >= 11 is 2.91. The molecule has 0 unspecified atom stereocenters. The minimum Gasteiger partial charge on any atom is -0.350 e. The molecule has 1 N–H and O–H groups in total. The van der Waals surface area contributed by atoms with Crippen molar-refractivity contribution >= 4 is 39.9 Å². The Morgan fingerprint density at radius 3 is 3.00 bits per heavy atom. The number of aryl methyl sites for hydroxylation is 1. The van der Waals surface area contributed by atoms with Crippen LogP contribution in [0.15, 0.2) is 46.8 Å². The number of thiophene rings is 1. The Kier molecular flexibility index (Phi) is 5.14. The van der Waals surface area contributed by atoms with Gasteiger partial charge in [0.1, 0.15) is 11.1 Å². The summed E-state index contributed by atoms with van der Waals surface area (Å²) in [4.78, 5) is 17.7. The Morgan fingerprint density at radius 1 is 1.38 bits per heavy atom. The second kappa shape index (κ2) is 7.47. The molecule has 24 heavy (non-hydrogen) atoms. The average molecular weight is 353 g/mol. The molecule has 4 nitrogen and oxygen atoms in total. The van der Waals surface area contributed by atoms with Crippen LogP contribution in [0.1, 0.15) is 16.0 Å². The summed E-state index contributed by atoms with van der Waals surface area (Å²) in [6.07, 6.45) is 0. The van der Waals surface area contributed by atoms with Crippen molar-refractivity contribution in [2.75, 3.05) is 5.75 Å². The number of carbonyl (C=O) groups excluding carboxylic acids is 1. The zero-order valence-corrected chi connectivity index (χ0v) is 14.7. The van der Waals surface area contributed by atoms with Crippen molar-refractivity contribution in [1.82, 2.24) is 10.3 Å². The molecule has 120 valence electrons. The van der Waals surface area contributed by atoms with E-state index in [9.17, 15) is 10.1 Å². The van der Waals surface area contributed by atoms with E-state index >= 15 is 0 Å². The summed E-state index contributed by atoms with van der Waals surface area (Å²) in [5, 5.41) is 15.7. The molecule has 3 aromatic rings. The van der Waals surface area contributed by atoms with Gasteiger partial charge in [-0.15, -0.1) is 11.3 Å². The van der Waals surface area contributed by atoms with Crippen LogP contribution in [0.3, 0.4) is 0 Å². The molecule has 0 saturated carbocycles. The molecule has 0 radical (unpaired) electrons. The van der Waals surface area contributed by atoms with Gasteiger partial charge in [-0.05, 0) is 36.1 Å². The Labute approximate surface area is 148 Å². The highest BCUT2D eigenvalue weighted by atomic mass is 32.2. The second-order valence-corrected chi connectivity index (χ2v) is 7.29. The van der Waals surface area contributed by atoms with Crippen LogP contribution in [0.25, 0.3) is 10.9 Å². The number of nitriles is 1. The highest BCUT2D eigenvalue weighted by molar-refractivity contribution is 8.00. The molecule has 0 saturated heterocycles. The third kappa shape index (κ3) is 3.94. The largest absolute Gasteiger partial charge is 0.350 e. The molecule has 0 atom stereocenters. The first-order chi connectivity index (χ1) is 11.7. The molecule has 2 heterocycles. The number of benzene rings is 1. The van der Waals surface area contributed by atoms with E-state index in [2.05, 4.69) is 16.4 Å². The molecule has 2 aromatic heterocycles. The number of rotatable bonds is 5. The number of nitrogens with one attached hydrogen (secondary N) is 1. The fourth-order valence-corrected chi connectivity index (χ4v) is 3.67. The third-order valence-electron chi connectivity index (χ3n) is 3.44. The first kappa shape index (κ1) is 16.5. The van der Waals surface area contributed by atoms with Gasteiger partial charge in [0.05, 0.1) is 23.4 Å². The van der Waals surface area contributed by atoms with Crippen molar-refractivity contribution in [3.8, 4) is 6.07 Å². The number of fused-ring (bicyclic) bond motifs is 1. The van der Waals surface area contributed by atoms with E-state index in [1.807, 2.05) is 48.7 Å². The highest BCUT2D eigenvalue weighted by Gasteiger charge is 2.10. The van der Waals surface area contributed by atoms with Crippen LogP contribution >= 0.6 is 23.1 Å². The summed E-state index contributed by atoms with van der Waals surface area (Å²) in [5.74, 6) is 0.174. The number of aromatic nitrogens is 1. The van der Waals surface area contributed by atoms with Gasteiger partial charge in [0.2, 0.25) is 5.91 Å². The molecule has 0 bridgehead atoms. The lowest BCUT2D eigenvalue weighted by atomic mass is 10.1. The van der Waals surface area contributed by atoms with Gasteiger partial charge >= 0.3 is 0 Å². The Balaban J connectivity index is 1.69. The smallest absolute Gasteiger partial charge is 0.230 e. The first-order valence-electron chi connectivity index (χ1n) is 7.39. The van der Waals surface area contributed by atoms with Crippen LogP contribution < -0.4 is 5.32 Å². The number of thioether (sulfide) groups is 1. The highest BCUT2D eigenvalue weighted by Crippen LogP contribution is 2.25. The first-order valence-corrected chi connectivity index (χ1v) is 9.25. The number of hydrogen-bond acceptors (Lipinski definition) is 5. The van der Waals surface area contributed by atoms with Crippen molar-refractivity contribution in [1.29, 1.82) is 5.26 Å². The van der Waals surface area contributed by atoms with Crippen LogP contribution in [0.5, 0.6) is 0 Å². The van der Waals surface area contributed by atoms with Crippen LogP contribution in [-0.4, -0.2) is 16.6 Å². The fourth-order valence-electron chi connectivity index (χ4n) is 2.23. The summed E-state index contributed by atoms with van der Waals surface area (Å²) in [7, 11) is 0. The van der Waals surface area contributed by atoms with Crippen molar-refractivity contribution < 1.29 is 4.79 Å². The van der Waals surface area contributed by atoms with Crippen molar-refractivity contribution in [3.63, 3.8) is 0 Å². The van der Waals surface area contributed by atoms with E-state index in [1.165, 1.54) is 11.8 Å². The monoisotopic (exact) mass is 353 g/mol. The average Bonchev–Trinajstić information content (AvgIpc) is 3.10. The standard InChI is InChI=1S/C18H15N3OS2/c1-12-4-5-13-8-14(9-19)18(21-16(13)7-12)24-11-17(22)20-10-15-3-2-6-23-15/h2-8H,10-11H2,1H3,(H,20,22). The van der Waals surface area contributed by atoms with E-state index in [0.29, 0.717) is 17.1 Å². The molecular formula is C18H15N3OS2. The lowest BCUT2D eigenvalue weighted by Crippen LogP contribution is -2.24. The van der Waals surface area contributed by atoms with Gasteiger partial charge in [-0.2, -0.15) is 5.26 Å². The van der Waals surface area contributed by atoms with E-state index in [1.54, 1.807) is 11.3 Å². The zero-order chi connectivity index (χ0) is 16.9. The molecule has 0 aliphatic rings. The fraction of sp³-hybridized carbons (Fsp3) is 0.167. The molecule has 0 fully saturated rings. The number of amides is 1. The molecule has 6 heteroatoms. The topological polar surface area (TPSA) is 65.8 Å². The Bertz CT molecular complexity index is 914. The Hall–Kier alpha value is -2.36. The van der Waals surface area contributed by atoms with Gasteiger partial charge in [-0.3, -0.25) is 4.79 Å². The van der Waals surface area contributed by atoms with Crippen LogP contribution in [0.2, 0.25) is 0 Å². The maximum Gasteiger partial charge on any atom is 0.230 e. The van der Waals surface area contributed by atoms with Gasteiger partial charge in [0.25, 0.3) is 0 Å². The van der Waals surface area contributed by atoms with Crippen molar-refractivity contribution in [2.24, 2.45) is 0 Å². The number of hydrogen-bond donors (Lipinski definition) is 1. The second-order valence-electron chi connectivity index (χ2n) is 5.29. The number of carbonyl (C=O) groups is 1. The van der Waals surface area contributed by atoms with Crippen molar-refractivity contribution in [3.05, 3.63) is 57.8 Å². The van der Waals surface area contributed by atoms with Gasteiger partial charge in [-0.1, -0.05) is 30.0 Å². The SMILES string of the molecule is Cc1ccc2cc(C#N)c(SCC(=O)NCc3cccs3)nc2c1. The zero-order valence-electron chi connectivity index (χ0n) is 13.1. The van der Waals surface area contributed by atoms with Gasteiger partial charge < -0.3 is 5.32 Å². The predicted molar refractivity (Wildman–Crippen MR) is 98.1 cm³/mol. The number of nitrogens with zero attached hydrogens (tertiary/aromatic N) is 2. The maximum absolute atomic E-state index is 12.0. The van der Waals surface area contributed by atoms with Crippen LogP contribution in [0.4, 0.5) is 0 Å². The lowest BCUT2D eigenvalue weighted by molar-refractivity contribution is -0.118. The van der Waals surface area contributed by atoms with Gasteiger partial charge in [-0.25, -0.2) is 4.98 Å². The summed E-state index contributed by atoms with van der Waals surface area (Å²) in [6, 6.07) is 13.9. The maximum atomic E-state index is 12.0. The summed E-state index contributed by atoms with van der Waals surface area (Å²) < 4.78 is 0.